The number of pyridine rings is 2. The first kappa shape index (κ1) is 23.6. The minimum absolute atomic E-state index is 0.116. The summed E-state index contributed by atoms with van der Waals surface area (Å²) in [5.41, 5.74) is 6.00. The van der Waals surface area contributed by atoms with Crippen molar-refractivity contribution in [3.8, 4) is 17.0 Å². The van der Waals surface area contributed by atoms with Crippen LogP contribution in [0.5, 0.6) is 5.88 Å². The lowest BCUT2D eigenvalue weighted by Crippen LogP contribution is -2.33. The first-order valence-electron chi connectivity index (χ1n) is 9.73. The third-order valence-electron chi connectivity index (χ3n) is 5.08. The fraction of sp³-hybridized carbons (Fsp3) is 0.0455. The van der Waals surface area contributed by atoms with E-state index < -0.39 is 38.3 Å². The summed E-state index contributed by atoms with van der Waals surface area (Å²) in [5, 5.41) is 21.9. The molecule has 4 aromatic rings. The van der Waals surface area contributed by atoms with Gasteiger partial charge in [0, 0.05) is 23.2 Å². The number of hydrogen-bond donors (Lipinski definition) is 3. The third kappa shape index (κ3) is 4.36. The molecular weight excluding hydrogens is 486 g/mol. The summed E-state index contributed by atoms with van der Waals surface area (Å²) < 4.78 is 60.3. The topological polar surface area (TPSA) is 159 Å². The monoisotopic (exact) mass is 502 g/mol. The molecule has 4 rings (SSSR count). The number of ether oxygens (including phenoxy) is 1. The van der Waals surface area contributed by atoms with Gasteiger partial charge in [0.2, 0.25) is 5.88 Å². The highest BCUT2D eigenvalue weighted by Gasteiger charge is 2.23. The van der Waals surface area contributed by atoms with E-state index in [1.54, 1.807) is 0 Å². The molecule has 2 aromatic carbocycles. The van der Waals surface area contributed by atoms with Crippen LogP contribution < -0.4 is 19.9 Å². The lowest BCUT2D eigenvalue weighted by Gasteiger charge is -2.14. The van der Waals surface area contributed by atoms with Crippen LogP contribution in [0.3, 0.4) is 0 Å². The van der Waals surface area contributed by atoms with Crippen LogP contribution in [0.15, 0.2) is 59.6 Å². The van der Waals surface area contributed by atoms with E-state index in [2.05, 4.69) is 9.71 Å². The number of aromatic nitrogens is 2. The van der Waals surface area contributed by atoms with Crippen molar-refractivity contribution in [3.05, 3.63) is 77.1 Å². The van der Waals surface area contributed by atoms with Crippen LogP contribution >= 0.6 is 0 Å². The molecule has 10 nitrogen and oxygen atoms in total. The fourth-order valence-corrected chi connectivity index (χ4v) is 4.52. The average Bonchev–Trinajstić information content (AvgIpc) is 2.80. The lowest BCUT2D eigenvalue weighted by atomic mass is 10.0. The molecule has 0 aliphatic heterocycles. The molecule has 13 heteroatoms. The highest BCUT2D eigenvalue weighted by Crippen LogP contribution is 2.32. The zero-order valence-electron chi connectivity index (χ0n) is 17.8. The summed E-state index contributed by atoms with van der Waals surface area (Å²) in [5.74, 6) is -4.19. The SMILES string of the molecule is COc1ncc(-c2ccc3c(c2)cc(C(=O)O)c(N)[n+]3[O-])cc1NS(=O)(=O)c1ccc(F)cc1F. The summed E-state index contributed by atoms with van der Waals surface area (Å²) in [7, 11) is -3.24. The zero-order valence-corrected chi connectivity index (χ0v) is 18.6. The number of carboxylic acid groups (broad SMARTS) is 1. The lowest BCUT2D eigenvalue weighted by molar-refractivity contribution is -0.561. The van der Waals surface area contributed by atoms with Gasteiger partial charge in [-0.1, -0.05) is 6.07 Å². The van der Waals surface area contributed by atoms with E-state index >= 15 is 0 Å². The summed E-state index contributed by atoms with van der Waals surface area (Å²) in [4.78, 5) is 14.7. The second kappa shape index (κ2) is 8.68. The second-order valence-corrected chi connectivity index (χ2v) is 8.93. The second-order valence-electron chi connectivity index (χ2n) is 7.28. The smallest absolute Gasteiger partial charge is 0.344 e. The Bertz CT molecular complexity index is 1610. The van der Waals surface area contributed by atoms with Crippen molar-refractivity contribution >= 4 is 38.4 Å². The Morgan fingerprint density at radius 1 is 1.14 bits per heavy atom. The zero-order chi connectivity index (χ0) is 25.5. The van der Waals surface area contributed by atoms with Crippen molar-refractivity contribution in [1.29, 1.82) is 0 Å². The minimum Gasteiger partial charge on any atom is -0.710 e. The highest BCUT2D eigenvalue weighted by atomic mass is 32.2. The molecule has 2 heterocycles. The largest absolute Gasteiger partial charge is 0.710 e. The number of carboxylic acids is 1. The van der Waals surface area contributed by atoms with Gasteiger partial charge in [-0.05, 0) is 42.0 Å². The molecule has 0 fully saturated rings. The van der Waals surface area contributed by atoms with Crippen LogP contribution in [0.1, 0.15) is 10.4 Å². The Balaban J connectivity index is 1.80. The number of nitrogens with one attached hydrogen (secondary N) is 1. The van der Waals surface area contributed by atoms with E-state index in [1.165, 1.54) is 43.6 Å². The van der Waals surface area contributed by atoms with Gasteiger partial charge in [-0.15, -0.1) is 0 Å². The van der Waals surface area contributed by atoms with Gasteiger partial charge in [0.25, 0.3) is 15.8 Å². The number of methoxy groups -OCH3 is 1. The number of nitrogen functional groups attached to an aromatic ring is 1. The van der Waals surface area contributed by atoms with Crippen molar-refractivity contribution in [2.45, 2.75) is 4.90 Å². The first-order chi connectivity index (χ1) is 16.5. The number of rotatable bonds is 6. The van der Waals surface area contributed by atoms with Gasteiger partial charge in [0.05, 0.1) is 7.11 Å². The summed E-state index contributed by atoms with van der Waals surface area (Å²) in [6, 6.07) is 9.06. The molecule has 0 amide bonds. The Labute approximate surface area is 196 Å². The molecule has 0 saturated heterocycles. The molecule has 0 saturated carbocycles. The Morgan fingerprint density at radius 3 is 2.54 bits per heavy atom. The summed E-state index contributed by atoms with van der Waals surface area (Å²) in [6.07, 6.45) is 1.36. The van der Waals surface area contributed by atoms with E-state index in [-0.39, 0.29) is 28.0 Å². The van der Waals surface area contributed by atoms with Gasteiger partial charge in [-0.25, -0.2) is 31.7 Å². The molecule has 0 aliphatic rings. The van der Waals surface area contributed by atoms with Gasteiger partial charge in [-0.3, -0.25) is 10.5 Å². The number of nitrogens with zero attached hydrogens (tertiary/aromatic N) is 2. The molecule has 35 heavy (non-hydrogen) atoms. The molecular formula is C22H16F2N4O6S. The van der Waals surface area contributed by atoms with E-state index in [4.69, 9.17) is 10.5 Å². The van der Waals surface area contributed by atoms with Crippen LogP contribution in [-0.2, 0) is 10.0 Å². The van der Waals surface area contributed by atoms with Gasteiger partial charge in [0.1, 0.15) is 33.3 Å². The van der Waals surface area contributed by atoms with Crippen molar-refractivity contribution in [3.63, 3.8) is 0 Å². The van der Waals surface area contributed by atoms with Gasteiger partial charge in [-0.2, -0.15) is 0 Å². The Morgan fingerprint density at radius 2 is 1.89 bits per heavy atom. The maximum absolute atomic E-state index is 14.1. The molecule has 2 aromatic heterocycles. The fourth-order valence-electron chi connectivity index (χ4n) is 3.41. The van der Waals surface area contributed by atoms with E-state index in [0.29, 0.717) is 21.9 Å². The van der Waals surface area contributed by atoms with Crippen molar-refractivity contribution < 1.29 is 36.6 Å². The number of sulfonamides is 1. The van der Waals surface area contributed by atoms with Gasteiger partial charge < -0.3 is 15.1 Å². The quantitative estimate of drug-likeness (QED) is 0.268. The number of nitrogens with two attached hydrogens (primary N) is 1. The molecule has 4 N–H and O–H groups in total. The molecule has 0 bridgehead atoms. The van der Waals surface area contributed by atoms with Crippen molar-refractivity contribution in [2.24, 2.45) is 0 Å². The van der Waals surface area contributed by atoms with E-state index in [9.17, 15) is 32.3 Å². The maximum Gasteiger partial charge on any atom is 0.344 e. The van der Waals surface area contributed by atoms with Crippen LogP contribution in [0.25, 0.3) is 22.0 Å². The van der Waals surface area contributed by atoms with E-state index in [1.807, 2.05) is 0 Å². The molecule has 0 radical (unpaired) electrons. The molecule has 0 spiro atoms. The van der Waals surface area contributed by atoms with Crippen LogP contribution in [0.2, 0.25) is 0 Å². The number of aromatic carboxylic acids is 1. The minimum atomic E-state index is -4.49. The van der Waals surface area contributed by atoms with Crippen LogP contribution in [0, 0.1) is 16.8 Å². The van der Waals surface area contributed by atoms with E-state index in [0.717, 1.165) is 12.1 Å². The number of hydrogen-bond acceptors (Lipinski definition) is 7. The normalized spacial score (nSPS) is 11.4. The highest BCUT2D eigenvalue weighted by molar-refractivity contribution is 7.92. The van der Waals surface area contributed by atoms with Crippen LogP contribution in [0.4, 0.5) is 20.3 Å². The number of benzene rings is 2. The predicted octanol–water partition coefficient (Wildman–Crippen LogP) is 2.90. The first-order valence-corrected chi connectivity index (χ1v) is 11.2. The Hall–Kier alpha value is -4.52. The number of carbonyl (C=O) groups is 1. The summed E-state index contributed by atoms with van der Waals surface area (Å²) >= 11 is 0. The summed E-state index contributed by atoms with van der Waals surface area (Å²) in [6.45, 7) is 0. The van der Waals surface area contributed by atoms with Crippen molar-refractivity contribution in [2.75, 3.05) is 17.6 Å². The Kier molecular flexibility index (Phi) is 5.86. The number of fused-ring (bicyclic) bond motifs is 1. The predicted molar refractivity (Wildman–Crippen MR) is 121 cm³/mol. The van der Waals surface area contributed by atoms with Crippen LogP contribution in [-0.4, -0.2) is 31.6 Å². The van der Waals surface area contributed by atoms with Gasteiger partial charge >= 0.3 is 5.97 Å². The number of halogens is 2. The molecule has 0 unspecified atom stereocenters. The molecule has 180 valence electrons. The van der Waals surface area contributed by atoms with Crippen molar-refractivity contribution in [1.82, 2.24) is 4.98 Å². The average molecular weight is 502 g/mol. The number of anilines is 2. The molecule has 0 atom stereocenters. The molecule has 0 aliphatic carbocycles. The maximum atomic E-state index is 14.1. The third-order valence-corrected chi connectivity index (χ3v) is 6.48. The standard InChI is InChI=1S/C22H16F2N4O6S/c1-34-21-17(27-35(32,33)19-5-3-14(23)9-16(19)24)8-13(10-26-21)11-2-4-18-12(6-11)7-15(22(29)30)20(25)28(18)31/h2-10,27H,25H2,1H3,(H,29,30). The van der Waals surface area contributed by atoms with Gasteiger partial charge in [0.15, 0.2) is 0 Å².